The molecule has 2 aromatic carbocycles. The monoisotopic (exact) mass is 577 g/mol. The highest BCUT2D eigenvalue weighted by molar-refractivity contribution is 6.35. The second kappa shape index (κ2) is 12.1. The predicted molar refractivity (Wildman–Crippen MR) is 136 cm³/mol. The predicted octanol–water partition coefficient (Wildman–Crippen LogP) is 2.33. The number of hydrogen-bond acceptors (Lipinski definition) is 10. The minimum absolute atomic E-state index is 0.0447. The van der Waals surface area contributed by atoms with E-state index in [0.29, 0.717) is 15.6 Å². The first-order chi connectivity index (χ1) is 18.6. The van der Waals surface area contributed by atoms with Gasteiger partial charge in [-0.05, 0) is 41.5 Å². The molecule has 0 aliphatic rings. The van der Waals surface area contributed by atoms with Crippen molar-refractivity contribution in [1.82, 2.24) is 25.6 Å². The topological polar surface area (TPSA) is 173 Å². The number of aliphatic hydroxyl groups is 1. The maximum Gasteiger partial charge on any atom is 0.519 e. The van der Waals surface area contributed by atoms with E-state index in [1.165, 1.54) is 11.9 Å². The number of aryl methyl sites for hydroxylation is 1. The van der Waals surface area contributed by atoms with Crippen LogP contribution in [0.15, 0.2) is 62.3 Å². The number of benzene rings is 2. The lowest BCUT2D eigenvalue weighted by atomic mass is 10.0. The molecule has 4 rings (SSSR count). The summed E-state index contributed by atoms with van der Waals surface area (Å²) in [5, 5.41) is 28.7. The summed E-state index contributed by atoms with van der Waals surface area (Å²) in [6.45, 7) is 0.925. The van der Waals surface area contributed by atoms with Gasteiger partial charge in [0.05, 0.1) is 6.54 Å². The van der Waals surface area contributed by atoms with Crippen LogP contribution in [0.25, 0.3) is 11.1 Å². The number of aliphatic hydroxyl groups excluding tert-OH is 1. The Kier molecular flexibility index (Phi) is 8.66. The number of nitrogens with one attached hydrogen (secondary N) is 1. The average Bonchev–Trinajstić information content (AvgIpc) is 3.50. The van der Waals surface area contributed by atoms with Crippen molar-refractivity contribution < 1.29 is 33.5 Å². The number of carbonyl (C=O) groups excluding carboxylic acids is 1. The van der Waals surface area contributed by atoms with Crippen LogP contribution in [0.4, 0.5) is 0 Å². The molecule has 0 fully saturated rings. The summed E-state index contributed by atoms with van der Waals surface area (Å²) in [4.78, 5) is 41.3. The fourth-order valence-electron chi connectivity index (χ4n) is 3.41. The molecule has 0 aliphatic heterocycles. The van der Waals surface area contributed by atoms with E-state index < -0.39 is 30.3 Å². The first-order valence-electron chi connectivity index (χ1n) is 11.2. The quantitative estimate of drug-likeness (QED) is 0.223. The molecule has 0 saturated heterocycles. The Morgan fingerprint density at radius 2 is 1.92 bits per heavy atom. The SMILES string of the molecule is Cc1oc(=O)oc1COn1cc(C(=O)NN(Cc2ccc(-c3cc(Cl)ccc3Cl)cc2)C[C@@H](O)C(=O)O)nn1. The number of amides is 1. The fourth-order valence-corrected chi connectivity index (χ4v) is 3.81. The van der Waals surface area contributed by atoms with Crippen molar-refractivity contribution in [2.45, 2.75) is 26.2 Å². The number of halogens is 2. The average molecular weight is 578 g/mol. The van der Waals surface area contributed by atoms with E-state index in [2.05, 4.69) is 15.7 Å². The molecule has 13 nitrogen and oxygen atoms in total. The van der Waals surface area contributed by atoms with Crippen molar-refractivity contribution in [2.24, 2.45) is 0 Å². The number of aliphatic carboxylic acids is 1. The lowest BCUT2D eigenvalue weighted by molar-refractivity contribution is -0.148. The molecule has 0 radical (unpaired) electrons. The zero-order valence-corrected chi connectivity index (χ0v) is 21.7. The normalized spacial score (nSPS) is 11.9. The lowest BCUT2D eigenvalue weighted by Gasteiger charge is -2.24. The zero-order valence-electron chi connectivity index (χ0n) is 20.2. The Morgan fingerprint density at radius 3 is 2.59 bits per heavy atom. The number of rotatable bonds is 11. The molecular weight excluding hydrogens is 557 g/mol. The van der Waals surface area contributed by atoms with Crippen LogP contribution < -0.4 is 16.1 Å². The number of aromatic nitrogens is 3. The molecular formula is C24H21Cl2N5O8. The smallest absolute Gasteiger partial charge is 0.479 e. The van der Waals surface area contributed by atoms with Gasteiger partial charge in [-0.1, -0.05) is 52.3 Å². The Morgan fingerprint density at radius 1 is 1.18 bits per heavy atom. The van der Waals surface area contributed by atoms with Crippen LogP contribution in [0.3, 0.4) is 0 Å². The van der Waals surface area contributed by atoms with Crippen LogP contribution in [-0.2, 0) is 17.9 Å². The summed E-state index contributed by atoms with van der Waals surface area (Å²) >= 11 is 12.4. The number of nitrogens with zero attached hydrogens (tertiary/aromatic N) is 4. The Balaban J connectivity index is 1.44. The number of hydrazine groups is 1. The third-order valence-corrected chi connectivity index (χ3v) is 5.94. The van der Waals surface area contributed by atoms with Gasteiger partial charge in [-0.15, -0.1) is 5.10 Å². The number of carboxylic acid groups (broad SMARTS) is 1. The van der Waals surface area contributed by atoms with E-state index in [9.17, 15) is 19.5 Å². The van der Waals surface area contributed by atoms with E-state index in [0.717, 1.165) is 22.2 Å². The van der Waals surface area contributed by atoms with E-state index >= 15 is 0 Å². The molecule has 2 heterocycles. The van der Waals surface area contributed by atoms with Crippen molar-refractivity contribution in [2.75, 3.05) is 6.54 Å². The van der Waals surface area contributed by atoms with Crippen molar-refractivity contribution >= 4 is 35.1 Å². The first-order valence-corrected chi connectivity index (χ1v) is 12.0. The highest BCUT2D eigenvalue weighted by atomic mass is 35.5. The van der Waals surface area contributed by atoms with Crippen molar-refractivity contribution in [3.63, 3.8) is 0 Å². The van der Waals surface area contributed by atoms with E-state index in [1.54, 1.807) is 42.5 Å². The van der Waals surface area contributed by atoms with Gasteiger partial charge in [-0.3, -0.25) is 10.2 Å². The van der Waals surface area contributed by atoms with Gasteiger partial charge >= 0.3 is 11.8 Å². The third kappa shape index (κ3) is 7.23. The van der Waals surface area contributed by atoms with Crippen LogP contribution in [0.5, 0.6) is 0 Å². The van der Waals surface area contributed by atoms with Gasteiger partial charge in [0.15, 0.2) is 29.9 Å². The molecule has 204 valence electrons. The van der Waals surface area contributed by atoms with Gasteiger partial charge in [0.1, 0.15) is 6.20 Å². The largest absolute Gasteiger partial charge is 0.519 e. The maximum atomic E-state index is 12.8. The molecule has 15 heteroatoms. The molecule has 3 N–H and O–H groups in total. The van der Waals surface area contributed by atoms with Crippen LogP contribution in [0.1, 0.15) is 27.6 Å². The molecule has 0 spiro atoms. The summed E-state index contributed by atoms with van der Waals surface area (Å²) in [7, 11) is 0. The molecule has 0 aliphatic carbocycles. The van der Waals surface area contributed by atoms with Crippen molar-refractivity contribution in [3.8, 4) is 11.1 Å². The van der Waals surface area contributed by atoms with Crippen LogP contribution >= 0.6 is 23.2 Å². The molecule has 39 heavy (non-hydrogen) atoms. The summed E-state index contributed by atoms with van der Waals surface area (Å²) < 4.78 is 9.56. The van der Waals surface area contributed by atoms with Gasteiger partial charge in [0.25, 0.3) is 5.91 Å². The van der Waals surface area contributed by atoms with E-state index in [1.807, 2.05) is 0 Å². The Bertz CT molecular complexity index is 1530. The summed E-state index contributed by atoms with van der Waals surface area (Å²) in [5.74, 6) is -2.71. The second-order valence-corrected chi connectivity index (χ2v) is 9.05. The Labute approximate surface area is 230 Å². The van der Waals surface area contributed by atoms with Gasteiger partial charge in [0.2, 0.25) is 0 Å². The molecule has 0 bridgehead atoms. The molecule has 0 saturated carbocycles. The van der Waals surface area contributed by atoms with Gasteiger partial charge in [-0.25, -0.2) is 14.6 Å². The lowest BCUT2D eigenvalue weighted by Crippen LogP contribution is -2.47. The standard InChI is InChI=1S/C24H21Cl2N5O8/c1-13-21(39-24(36)38-13)12-37-31-10-19(27-29-31)22(33)28-30(11-20(32)23(34)35)9-14-2-4-15(5-3-14)17-8-16(25)6-7-18(17)26/h2-8,10,20,32H,9,11-12H2,1H3,(H,28,33)(H,34,35)/t20-/m1/s1. The molecule has 1 amide bonds. The summed E-state index contributed by atoms with van der Waals surface area (Å²) in [6, 6.07) is 12.2. The highest BCUT2D eigenvalue weighted by Gasteiger charge is 2.22. The van der Waals surface area contributed by atoms with E-state index in [4.69, 9.17) is 42.0 Å². The highest BCUT2D eigenvalue weighted by Crippen LogP contribution is 2.30. The second-order valence-electron chi connectivity index (χ2n) is 8.21. The summed E-state index contributed by atoms with van der Waals surface area (Å²) in [6.07, 6.45) is -0.611. The van der Waals surface area contributed by atoms with Crippen LogP contribution in [-0.4, -0.2) is 54.9 Å². The minimum atomic E-state index is -1.78. The molecule has 1 atom stereocenters. The van der Waals surface area contributed by atoms with Gasteiger partial charge < -0.3 is 23.9 Å². The van der Waals surface area contributed by atoms with Crippen LogP contribution in [0.2, 0.25) is 10.0 Å². The van der Waals surface area contributed by atoms with Gasteiger partial charge in [-0.2, -0.15) is 0 Å². The summed E-state index contributed by atoms with van der Waals surface area (Å²) in [5.41, 5.74) is 4.58. The van der Waals surface area contributed by atoms with Crippen molar-refractivity contribution in [3.05, 3.63) is 92.1 Å². The fraction of sp³-hybridized carbons (Fsp3) is 0.208. The zero-order chi connectivity index (χ0) is 28.1. The third-order valence-electron chi connectivity index (χ3n) is 5.37. The molecule has 2 aromatic heterocycles. The first kappa shape index (κ1) is 27.9. The maximum absolute atomic E-state index is 12.8. The van der Waals surface area contributed by atoms with Crippen molar-refractivity contribution in [1.29, 1.82) is 0 Å². The minimum Gasteiger partial charge on any atom is -0.479 e. The number of hydrogen-bond donors (Lipinski definition) is 3. The molecule has 4 aromatic rings. The number of carboxylic acids is 1. The van der Waals surface area contributed by atoms with Gasteiger partial charge in [0, 0.05) is 22.2 Å². The Hall–Kier alpha value is -4.17. The van der Waals surface area contributed by atoms with E-state index in [-0.39, 0.29) is 30.4 Å². The van der Waals surface area contributed by atoms with Crippen LogP contribution in [0, 0.1) is 6.92 Å². The number of carbonyl (C=O) groups is 2. The molecule has 0 unspecified atom stereocenters.